The van der Waals surface area contributed by atoms with E-state index in [9.17, 15) is 14.4 Å². The standard InChI is InChI=1S/C30H29NO7/c1-18(2)27(31-30(34)36-17-20-8-6-5-7-9-20)29(33)37-25-15-14-23-24(16-26(32)38-28(23)19(25)3)21-10-12-22(35-4)13-11-21/h5-16,18,27H,17H2,1-4H3,(H,31,34). The fraction of sp³-hybridized carbons (Fsp3) is 0.233. The zero-order valence-corrected chi connectivity index (χ0v) is 21.6. The summed E-state index contributed by atoms with van der Waals surface area (Å²) in [6, 6.07) is 20.4. The van der Waals surface area contributed by atoms with E-state index in [1.807, 2.05) is 54.6 Å². The molecule has 0 saturated heterocycles. The van der Waals surface area contributed by atoms with Gasteiger partial charge in [-0.3, -0.25) is 0 Å². The number of aryl methyl sites for hydroxylation is 1. The molecule has 0 radical (unpaired) electrons. The van der Waals surface area contributed by atoms with Gasteiger partial charge in [0.2, 0.25) is 0 Å². The van der Waals surface area contributed by atoms with Crippen LogP contribution >= 0.6 is 0 Å². The van der Waals surface area contributed by atoms with Gasteiger partial charge in [0.1, 0.15) is 29.7 Å². The second-order valence-electron chi connectivity index (χ2n) is 9.12. The molecule has 1 heterocycles. The number of fused-ring (bicyclic) bond motifs is 1. The fourth-order valence-corrected chi connectivity index (χ4v) is 4.02. The fourth-order valence-electron chi connectivity index (χ4n) is 4.02. The van der Waals surface area contributed by atoms with Gasteiger partial charge in [-0.25, -0.2) is 14.4 Å². The van der Waals surface area contributed by atoms with E-state index in [0.717, 1.165) is 11.1 Å². The molecule has 196 valence electrons. The van der Waals surface area contributed by atoms with Crippen molar-refractivity contribution in [1.29, 1.82) is 0 Å². The molecule has 8 nitrogen and oxygen atoms in total. The topological polar surface area (TPSA) is 104 Å². The number of rotatable bonds is 8. The van der Waals surface area contributed by atoms with Crippen LogP contribution in [0.4, 0.5) is 4.79 Å². The van der Waals surface area contributed by atoms with Crippen molar-refractivity contribution < 1.29 is 28.2 Å². The summed E-state index contributed by atoms with van der Waals surface area (Å²) >= 11 is 0. The van der Waals surface area contributed by atoms with Gasteiger partial charge in [-0.15, -0.1) is 0 Å². The van der Waals surface area contributed by atoms with Gasteiger partial charge in [-0.2, -0.15) is 0 Å². The van der Waals surface area contributed by atoms with Crippen LogP contribution in [0, 0.1) is 12.8 Å². The average molecular weight is 516 g/mol. The van der Waals surface area contributed by atoms with Crippen LogP contribution in [-0.4, -0.2) is 25.2 Å². The van der Waals surface area contributed by atoms with Gasteiger partial charge < -0.3 is 23.9 Å². The lowest BCUT2D eigenvalue weighted by Gasteiger charge is -2.21. The first kappa shape index (κ1) is 26.5. The zero-order chi connectivity index (χ0) is 27.2. The van der Waals surface area contributed by atoms with Crippen LogP contribution in [0.25, 0.3) is 22.1 Å². The summed E-state index contributed by atoms with van der Waals surface area (Å²) in [5, 5.41) is 3.28. The molecule has 0 aliphatic heterocycles. The molecule has 0 saturated carbocycles. The minimum atomic E-state index is -0.953. The quantitative estimate of drug-likeness (QED) is 0.184. The maximum absolute atomic E-state index is 13.1. The molecular formula is C30H29NO7. The molecule has 0 aliphatic rings. The highest BCUT2D eigenvalue weighted by Gasteiger charge is 2.28. The van der Waals surface area contributed by atoms with E-state index in [2.05, 4.69) is 5.32 Å². The van der Waals surface area contributed by atoms with E-state index in [0.29, 0.717) is 27.8 Å². The summed E-state index contributed by atoms with van der Waals surface area (Å²) in [4.78, 5) is 37.9. The summed E-state index contributed by atoms with van der Waals surface area (Å²) in [5.41, 5.74) is 2.59. The second-order valence-corrected chi connectivity index (χ2v) is 9.12. The molecular weight excluding hydrogens is 486 g/mol. The Balaban J connectivity index is 1.54. The Morgan fingerprint density at radius 3 is 2.34 bits per heavy atom. The van der Waals surface area contributed by atoms with Crippen LogP contribution in [-0.2, 0) is 16.1 Å². The number of carbonyl (C=O) groups excluding carboxylic acids is 2. The van der Waals surface area contributed by atoms with Crippen molar-refractivity contribution in [2.75, 3.05) is 7.11 Å². The van der Waals surface area contributed by atoms with Crippen molar-refractivity contribution in [2.24, 2.45) is 5.92 Å². The van der Waals surface area contributed by atoms with Gasteiger partial charge in [-0.05, 0) is 53.8 Å². The summed E-state index contributed by atoms with van der Waals surface area (Å²) in [6.07, 6.45) is -0.727. The van der Waals surface area contributed by atoms with Crippen molar-refractivity contribution in [1.82, 2.24) is 5.32 Å². The Morgan fingerprint density at radius 2 is 1.68 bits per heavy atom. The van der Waals surface area contributed by atoms with E-state index in [1.165, 1.54) is 6.07 Å². The van der Waals surface area contributed by atoms with Crippen LogP contribution in [0.1, 0.15) is 25.0 Å². The van der Waals surface area contributed by atoms with Crippen LogP contribution in [0.15, 0.2) is 82.0 Å². The van der Waals surface area contributed by atoms with Gasteiger partial charge in [0, 0.05) is 17.0 Å². The third kappa shape index (κ3) is 6.03. The van der Waals surface area contributed by atoms with E-state index in [4.69, 9.17) is 18.6 Å². The molecule has 0 fully saturated rings. The molecule has 4 aromatic rings. The van der Waals surface area contributed by atoms with Gasteiger partial charge in [0.25, 0.3) is 0 Å². The molecule has 3 aromatic carbocycles. The molecule has 1 N–H and O–H groups in total. The first-order valence-electron chi connectivity index (χ1n) is 12.2. The van der Waals surface area contributed by atoms with Crippen molar-refractivity contribution in [3.8, 4) is 22.6 Å². The van der Waals surface area contributed by atoms with Crippen LogP contribution in [0.3, 0.4) is 0 Å². The largest absolute Gasteiger partial charge is 0.497 e. The smallest absolute Gasteiger partial charge is 0.408 e. The van der Waals surface area contributed by atoms with E-state index in [-0.39, 0.29) is 18.3 Å². The zero-order valence-electron chi connectivity index (χ0n) is 21.6. The number of nitrogens with one attached hydrogen (secondary N) is 1. The highest BCUT2D eigenvalue weighted by Crippen LogP contribution is 2.34. The minimum Gasteiger partial charge on any atom is -0.497 e. The molecule has 0 bridgehead atoms. The molecule has 1 amide bonds. The summed E-state index contributed by atoms with van der Waals surface area (Å²) in [6.45, 7) is 5.36. The highest BCUT2D eigenvalue weighted by molar-refractivity contribution is 5.96. The van der Waals surface area contributed by atoms with E-state index in [1.54, 1.807) is 40.0 Å². The van der Waals surface area contributed by atoms with Crippen LogP contribution in [0.2, 0.25) is 0 Å². The predicted molar refractivity (Wildman–Crippen MR) is 143 cm³/mol. The van der Waals surface area contributed by atoms with Gasteiger partial charge >= 0.3 is 17.7 Å². The van der Waals surface area contributed by atoms with Gasteiger partial charge in [0.15, 0.2) is 0 Å². The molecule has 1 atom stereocenters. The lowest BCUT2D eigenvalue weighted by Crippen LogP contribution is -2.46. The summed E-state index contributed by atoms with van der Waals surface area (Å²) in [5.74, 6) is -0.00814. The molecule has 0 aliphatic carbocycles. The average Bonchev–Trinajstić information content (AvgIpc) is 2.92. The Labute approximate surface area is 220 Å². The SMILES string of the molecule is COc1ccc(-c2cc(=O)oc3c(C)c(OC(=O)C(NC(=O)OCc4ccccc4)C(C)C)ccc23)cc1. The van der Waals surface area contributed by atoms with E-state index < -0.39 is 23.7 Å². The number of ether oxygens (including phenoxy) is 3. The number of amides is 1. The number of hydrogen-bond acceptors (Lipinski definition) is 7. The Bertz CT molecular complexity index is 1490. The Hall–Kier alpha value is -4.59. The second kappa shape index (κ2) is 11.6. The van der Waals surface area contributed by atoms with Crippen molar-refractivity contribution in [3.63, 3.8) is 0 Å². The number of hydrogen-bond donors (Lipinski definition) is 1. The molecule has 38 heavy (non-hydrogen) atoms. The maximum Gasteiger partial charge on any atom is 0.408 e. The Kier molecular flexibility index (Phi) is 8.11. The summed E-state index contributed by atoms with van der Waals surface area (Å²) < 4.78 is 21.7. The van der Waals surface area contributed by atoms with E-state index >= 15 is 0 Å². The highest BCUT2D eigenvalue weighted by atomic mass is 16.6. The number of carbonyl (C=O) groups is 2. The predicted octanol–water partition coefficient (Wildman–Crippen LogP) is 5.63. The normalized spacial score (nSPS) is 11.7. The molecule has 0 spiro atoms. The summed E-state index contributed by atoms with van der Waals surface area (Å²) in [7, 11) is 1.58. The lowest BCUT2D eigenvalue weighted by molar-refractivity contribution is -0.137. The van der Waals surface area contributed by atoms with Gasteiger partial charge in [-0.1, -0.05) is 56.3 Å². The number of methoxy groups -OCH3 is 1. The lowest BCUT2D eigenvalue weighted by atomic mass is 10.00. The minimum absolute atomic E-state index is 0.0753. The monoisotopic (exact) mass is 515 g/mol. The number of esters is 1. The van der Waals surface area contributed by atoms with Crippen LogP contribution < -0.4 is 20.4 Å². The Morgan fingerprint density at radius 1 is 0.974 bits per heavy atom. The van der Waals surface area contributed by atoms with Crippen LogP contribution in [0.5, 0.6) is 11.5 Å². The maximum atomic E-state index is 13.1. The van der Waals surface area contributed by atoms with Crippen molar-refractivity contribution in [3.05, 3.63) is 94.3 Å². The van der Waals surface area contributed by atoms with Crippen molar-refractivity contribution in [2.45, 2.75) is 33.4 Å². The third-order valence-electron chi connectivity index (χ3n) is 6.13. The van der Waals surface area contributed by atoms with Gasteiger partial charge in [0.05, 0.1) is 7.11 Å². The van der Waals surface area contributed by atoms with Crippen molar-refractivity contribution >= 4 is 23.0 Å². The first-order valence-corrected chi connectivity index (χ1v) is 12.2. The third-order valence-corrected chi connectivity index (χ3v) is 6.13. The molecule has 1 unspecified atom stereocenters. The number of benzene rings is 3. The molecule has 4 rings (SSSR count). The molecule has 8 heteroatoms. The first-order chi connectivity index (χ1) is 18.3. The number of alkyl carbamates (subject to hydrolysis) is 1. The molecule has 1 aromatic heterocycles.